The molecular formula is C5H9NO. The number of rotatable bonds is 0. The van der Waals surface area contributed by atoms with Crippen LogP contribution < -0.4 is 0 Å². The van der Waals surface area contributed by atoms with E-state index in [-0.39, 0.29) is 0 Å². The number of carbonyl (C=O) groups excluding carboxylic acids is 1. The first-order valence-corrected chi connectivity index (χ1v) is 2.49. The Kier molecular flexibility index (Phi) is 1.11. The van der Waals surface area contributed by atoms with Crippen LogP contribution >= 0.6 is 0 Å². The monoisotopic (exact) mass is 99.1 g/mol. The predicted molar refractivity (Wildman–Crippen MR) is 27.1 cm³/mol. The summed E-state index contributed by atoms with van der Waals surface area (Å²) in [7, 11) is 1.96. The fourth-order valence-electron chi connectivity index (χ4n) is 0.775. The van der Waals surface area contributed by atoms with E-state index in [1.165, 1.54) is 0 Å². The van der Waals surface area contributed by atoms with Crippen LogP contribution in [0.15, 0.2) is 0 Å². The molecule has 0 bridgehead atoms. The van der Waals surface area contributed by atoms with Crippen LogP contribution in [-0.2, 0) is 4.79 Å². The molecule has 0 amide bonds. The molecule has 0 aromatic carbocycles. The zero-order valence-electron chi connectivity index (χ0n) is 4.48. The molecule has 2 heteroatoms. The fraction of sp³-hybridized carbons (Fsp3) is 0.800. The van der Waals surface area contributed by atoms with E-state index in [0.29, 0.717) is 12.3 Å². The highest BCUT2D eigenvalue weighted by atomic mass is 16.1. The average Bonchev–Trinajstić information content (AvgIpc) is 1.87. The summed E-state index contributed by atoms with van der Waals surface area (Å²) < 4.78 is 0. The molecule has 1 fully saturated rings. The Morgan fingerprint density at radius 2 is 2.43 bits per heavy atom. The molecule has 1 saturated heterocycles. The third-order valence-electron chi connectivity index (χ3n) is 1.22. The van der Waals surface area contributed by atoms with E-state index >= 15 is 0 Å². The van der Waals surface area contributed by atoms with Crippen molar-refractivity contribution >= 4 is 5.78 Å². The largest absolute Gasteiger partial charge is 0.299 e. The van der Waals surface area contributed by atoms with Gasteiger partial charge in [0.05, 0.1) is 6.54 Å². The van der Waals surface area contributed by atoms with E-state index in [1.54, 1.807) is 0 Å². The molecule has 2 nitrogen and oxygen atoms in total. The molecule has 0 aromatic heterocycles. The van der Waals surface area contributed by atoms with E-state index in [1.807, 2.05) is 11.9 Å². The topological polar surface area (TPSA) is 20.3 Å². The summed E-state index contributed by atoms with van der Waals surface area (Å²) in [5.41, 5.74) is 0. The van der Waals surface area contributed by atoms with Gasteiger partial charge in [0.2, 0.25) is 0 Å². The van der Waals surface area contributed by atoms with E-state index in [9.17, 15) is 4.79 Å². The third-order valence-corrected chi connectivity index (χ3v) is 1.22. The Morgan fingerprint density at radius 3 is 2.57 bits per heavy atom. The van der Waals surface area contributed by atoms with Gasteiger partial charge in [-0.25, -0.2) is 0 Å². The SMILES string of the molecule is CN1CCC(=O)C1. The molecule has 0 radical (unpaired) electrons. The van der Waals surface area contributed by atoms with Gasteiger partial charge in [0.15, 0.2) is 0 Å². The first kappa shape index (κ1) is 4.78. The van der Waals surface area contributed by atoms with Gasteiger partial charge in [-0.05, 0) is 7.05 Å². The van der Waals surface area contributed by atoms with Crippen LogP contribution in [0.3, 0.4) is 0 Å². The number of ketones is 1. The Balaban J connectivity index is 2.40. The van der Waals surface area contributed by atoms with Crippen LogP contribution in [-0.4, -0.2) is 30.8 Å². The highest BCUT2D eigenvalue weighted by Gasteiger charge is 2.13. The minimum Gasteiger partial charge on any atom is -0.299 e. The first-order chi connectivity index (χ1) is 3.29. The lowest BCUT2D eigenvalue weighted by Gasteiger charge is -1.99. The van der Waals surface area contributed by atoms with Crippen molar-refractivity contribution in [2.24, 2.45) is 0 Å². The lowest BCUT2D eigenvalue weighted by Crippen LogP contribution is -2.13. The molecule has 0 unspecified atom stereocenters. The third kappa shape index (κ3) is 0.996. The molecule has 1 rings (SSSR count). The van der Waals surface area contributed by atoms with Gasteiger partial charge in [-0.2, -0.15) is 0 Å². The normalized spacial score (nSPS) is 23.9. The van der Waals surface area contributed by atoms with Crippen LogP contribution in [0.5, 0.6) is 0 Å². The van der Waals surface area contributed by atoms with Crippen LogP contribution in [0, 0.1) is 0 Å². The van der Waals surface area contributed by atoms with Crippen molar-refractivity contribution in [1.29, 1.82) is 0 Å². The molecule has 0 atom stereocenters. The fourth-order valence-corrected chi connectivity index (χ4v) is 0.775. The van der Waals surface area contributed by atoms with Crippen LogP contribution in [0.4, 0.5) is 0 Å². The van der Waals surface area contributed by atoms with Gasteiger partial charge < -0.3 is 0 Å². The maximum absolute atomic E-state index is 10.4. The van der Waals surface area contributed by atoms with E-state index in [2.05, 4.69) is 0 Å². The van der Waals surface area contributed by atoms with Crippen LogP contribution in [0.25, 0.3) is 0 Å². The highest BCUT2D eigenvalue weighted by molar-refractivity contribution is 5.82. The van der Waals surface area contributed by atoms with E-state index < -0.39 is 0 Å². The minimum atomic E-state index is 0.377. The summed E-state index contributed by atoms with van der Waals surface area (Å²) in [5, 5.41) is 0. The standard InChI is InChI=1S/C5H9NO/c1-6-3-2-5(7)4-6/h2-4H2,1H3. The molecule has 1 aliphatic heterocycles. The zero-order chi connectivity index (χ0) is 5.28. The number of hydrogen-bond donors (Lipinski definition) is 0. The summed E-state index contributed by atoms with van der Waals surface area (Å²) >= 11 is 0. The van der Waals surface area contributed by atoms with E-state index in [4.69, 9.17) is 0 Å². The van der Waals surface area contributed by atoms with Crippen molar-refractivity contribution < 1.29 is 4.79 Å². The maximum Gasteiger partial charge on any atom is 0.148 e. The number of carbonyl (C=O) groups is 1. The van der Waals surface area contributed by atoms with Gasteiger partial charge in [-0.1, -0.05) is 0 Å². The summed E-state index contributed by atoms with van der Waals surface area (Å²) in [4.78, 5) is 12.4. The number of nitrogens with zero attached hydrogens (tertiary/aromatic N) is 1. The Hall–Kier alpha value is -0.370. The van der Waals surface area contributed by atoms with Crippen molar-refractivity contribution in [2.75, 3.05) is 20.1 Å². The van der Waals surface area contributed by atoms with Gasteiger partial charge >= 0.3 is 0 Å². The van der Waals surface area contributed by atoms with Crippen molar-refractivity contribution in [3.63, 3.8) is 0 Å². The second-order valence-electron chi connectivity index (χ2n) is 2.03. The molecule has 1 aliphatic rings. The lowest BCUT2D eigenvalue weighted by molar-refractivity contribution is -0.116. The predicted octanol–water partition coefficient (Wildman–Crippen LogP) is -0.109. The zero-order valence-corrected chi connectivity index (χ0v) is 4.48. The second-order valence-corrected chi connectivity index (χ2v) is 2.03. The Labute approximate surface area is 43.1 Å². The average molecular weight is 99.1 g/mol. The minimum absolute atomic E-state index is 0.377. The van der Waals surface area contributed by atoms with Crippen molar-refractivity contribution in [1.82, 2.24) is 4.90 Å². The Bertz CT molecular complexity index is 90.1. The van der Waals surface area contributed by atoms with E-state index in [0.717, 1.165) is 13.0 Å². The van der Waals surface area contributed by atoms with Gasteiger partial charge in [0.25, 0.3) is 0 Å². The number of hydrogen-bond acceptors (Lipinski definition) is 2. The molecule has 0 aromatic rings. The summed E-state index contributed by atoms with van der Waals surface area (Å²) in [6, 6.07) is 0. The number of likely N-dealkylation sites (tertiary alicyclic amines) is 1. The molecule has 0 aliphatic carbocycles. The molecule has 0 N–H and O–H groups in total. The lowest BCUT2D eigenvalue weighted by atomic mass is 10.4. The summed E-state index contributed by atoms with van der Waals surface area (Å²) in [6.45, 7) is 1.62. The van der Waals surface area contributed by atoms with Crippen molar-refractivity contribution in [3.8, 4) is 0 Å². The smallest absolute Gasteiger partial charge is 0.148 e. The molecular weight excluding hydrogens is 90.1 g/mol. The molecule has 7 heavy (non-hydrogen) atoms. The molecule has 40 valence electrons. The summed E-state index contributed by atoms with van der Waals surface area (Å²) in [5.74, 6) is 0.377. The Morgan fingerprint density at radius 1 is 1.71 bits per heavy atom. The van der Waals surface area contributed by atoms with Gasteiger partial charge in [-0.15, -0.1) is 0 Å². The number of Topliss-reactive ketones (excluding diaryl/α,β-unsaturated/α-hetero) is 1. The molecule has 0 saturated carbocycles. The van der Waals surface area contributed by atoms with Gasteiger partial charge in [0.1, 0.15) is 5.78 Å². The van der Waals surface area contributed by atoms with Crippen molar-refractivity contribution in [2.45, 2.75) is 6.42 Å². The maximum atomic E-state index is 10.4. The highest BCUT2D eigenvalue weighted by Crippen LogP contribution is 1.98. The number of likely N-dealkylation sites (N-methyl/N-ethyl adjacent to an activating group) is 1. The van der Waals surface area contributed by atoms with Gasteiger partial charge in [0, 0.05) is 13.0 Å². The van der Waals surface area contributed by atoms with Crippen molar-refractivity contribution in [3.05, 3.63) is 0 Å². The summed E-state index contributed by atoms with van der Waals surface area (Å²) in [6.07, 6.45) is 0.760. The second kappa shape index (κ2) is 1.62. The molecule has 0 spiro atoms. The van der Waals surface area contributed by atoms with Crippen LogP contribution in [0.1, 0.15) is 6.42 Å². The molecule has 1 heterocycles. The van der Waals surface area contributed by atoms with Crippen LogP contribution in [0.2, 0.25) is 0 Å². The van der Waals surface area contributed by atoms with Gasteiger partial charge in [-0.3, -0.25) is 9.69 Å². The first-order valence-electron chi connectivity index (χ1n) is 2.49. The quantitative estimate of drug-likeness (QED) is 0.422.